The first-order valence-electron chi connectivity index (χ1n) is 6.27. The minimum atomic E-state index is -5.60. The lowest BCUT2D eigenvalue weighted by Crippen LogP contribution is -2.28. The molecule has 0 spiro atoms. The number of benzene rings is 1. The molecule has 1 aromatic carbocycles. The van der Waals surface area contributed by atoms with Crippen molar-refractivity contribution >= 4 is 10.1 Å². The van der Waals surface area contributed by atoms with Crippen LogP contribution in [0.2, 0.25) is 0 Å². The Morgan fingerprint density at radius 3 is 2.15 bits per heavy atom. The Balaban J connectivity index is 0.00000172. The molecule has 0 unspecified atom stereocenters. The zero-order chi connectivity index (χ0) is 16.0. The van der Waals surface area contributed by atoms with Gasteiger partial charge in [-0.05, 0) is 30.5 Å². The van der Waals surface area contributed by atoms with E-state index in [1.165, 1.54) is 13.0 Å². The highest BCUT2D eigenvalue weighted by molar-refractivity contribution is 7.88. The number of hydrogen-bond donors (Lipinski definition) is 0. The SMILES string of the molecule is CC.CCCc1ccc(OS(=O)(=O)C(F)(F)F)c(C)c1. The van der Waals surface area contributed by atoms with E-state index in [0.29, 0.717) is 5.56 Å². The molecule has 0 saturated heterocycles. The van der Waals surface area contributed by atoms with Crippen LogP contribution in [-0.2, 0) is 16.5 Å². The van der Waals surface area contributed by atoms with Crippen molar-refractivity contribution < 1.29 is 25.8 Å². The van der Waals surface area contributed by atoms with E-state index in [-0.39, 0.29) is 5.75 Å². The van der Waals surface area contributed by atoms with Crippen LogP contribution in [0.5, 0.6) is 5.75 Å². The Kier molecular flexibility index (Phi) is 7.05. The molecule has 0 saturated carbocycles. The predicted molar refractivity (Wildman–Crippen MR) is 72.1 cm³/mol. The van der Waals surface area contributed by atoms with Crippen LogP contribution < -0.4 is 4.18 Å². The highest BCUT2D eigenvalue weighted by atomic mass is 32.2. The average Bonchev–Trinajstić information content (AvgIpc) is 2.34. The van der Waals surface area contributed by atoms with Crippen molar-refractivity contribution in [1.29, 1.82) is 0 Å². The van der Waals surface area contributed by atoms with Gasteiger partial charge in [-0.15, -0.1) is 0 Å². The molecule has 3 nitrogen and oxygen atoms in total. The fourth-order valence-corrected chi connectivity index (χ4v) is 1.93. The maximum atomic E-state index is 12.1. The summed E-state index contributed by atoms with van der Waals surface area (Å²) in [5.74, 6) is -0.299. The highest BCUT2D eigenvalue weighted by Crippen LogP contribution is 2.29. The Bertz CT molecular complexity index is 522. The quantitative estimate of drug-likeness (QED) is 0.618. The standard InChI is InChI=1S/C11H13F3O3S.C2H6/c1-3-4-9-5-6-10(8(2)7-9)17-18(15,16)11(12,13)14;1-2/h5-7H,3-4H2,1-2H3;1-2H3. The maximum absolute atomic E-state index is 12.1. The summed E-state index contributed by atoms with van der Waals surface area (Å²) in [4.78, 5) is 0. The Morgan fingerprint density at radius 2 is 1.75 bits per heavy atom. The third-order valence-corrected chi connectivity index (χ3v) is 3.23. The topological polar surface area (TPSA) is 43.4 Å². The van der Waals surface area contributed by atoms with Crippen molar-refractivity contribution in [2.24, 2.45) is 0 Å². The monoisotopic (exact) mass is 312 g/mol. The van der Waals surface area contributed by atoms with Gasteiger partial charge in [-0.25, -0.2) is 0 Å². The molecular weight excluding hydrogens is 293 g/mol. The Morgan fingerprint density at radius 1 is 1.20 bits per heavy atom. The van der Waals surface area contributed by atoms with Crippen LogP contribution in [0.25, 0.3) is 0 Å². The van der Waals surface area contributed by atoms with Crippen LogP contribution in [0, 0.1) is 6.92 Å². The molecule has 0 atom stereocenters. The van der Waals surface area contributed by atoms with Crippen molar-refractivity contribution in [3.8, 4) is 5.75 Å². The van der Waals surface area contributed by atoms with Crippen LogP contribution in [0.15, 0.2) is 18.2 Å². The van der Waals surface area contributed by atoms with E-state index in [4.69, 9.17) is 0 Å². The van der Waals surface area contributed by atoms with E-state index in [2.05, 4.69) is 4.18 Å². The predicted octanol–water partition coefficient (Wildman–Crippen LogP) is 4.20. The first kappa shape index (κ1) is 18.8. The lowest BCUT2D eigenvalue weighted by molar-refractivity contribution is -0.0500. The van der Waals surface area contributed by atoms with E-state index in [0.717, 1.165) is 18.4 Å². The van der Waals surface area contributed by atoms with Crippen molar-refractivity contribution in [2.75, 3.05) is 0 Å². The number of aryl methyl sites for hydroxylation is 2. The minimum absolute atomic E-state index is 0.299. The first-order chi connectivity index (χ1) is 9.17. The molecule has 1 rings (SSSR count). The lowest BCUT2D eigenvalue weighted by atomic mass is 10.1. The molecule has 0 amide bonds. The molecule has 116 valence electrons. The van der Waals surface area contributed by atoms with Gasteiger partial charge in [0.05, 0.1) is 0 Å². The fraction of sp³-hybridized carbons (Fsp3) is 0.538. The van der Waals surface area contributed by atoms with Crippen LogP contribution >= 0.6 is 0 Å². The molecule has 0 heterocycles. The highest BCUT2D eigenvalue weighted by Gasteiger charge is 2.48. The average molecular weight is 312 g/mol. The van der Waals surface area contributed by atoms with Gasteiger partial charge in [0.1, 0.15) is 5.75 Å². The molecule has 0 fully saturated rings. The largest absolute Gasteiger partial charge is 0.534 e. The van der Waals surface area contributed by atoms with Crippen molar-refractivity contribution in [1.82, 2.24) is 0 Å². The number of hydrogen-bond acceptors (Lipinski definition) is 3. The summed E-state index contributed by atoms with van der Waals surface area (Å²) in [6, 6.07) is 4.41. The van der Waals surface area contributed by atoms with Crippen LogP contribution in [0.1, 0.15) is 38.3 Å². The zero-order valence-electron chi connectivity index (χ0n) is 11.9. The van der Waals surface area contributed by atoms with Gasteiger partial charge in [-0.1, -0.05) is 39.3 Å². The van der Waals surface area contributed by atoms with E-state index in [1.807, 2.05) is 20.8 Å². The summed E-state index contributed by atoms with van der Waals surface area (Å²) < 4.78 is 62.2. The second-order valence-electron chi connectivity index (χ2n) is 3.83. The summed E-state index contributed by atoms with van der Waals surface area (Å²) >= 11 is 0. The lowest BCUT2D eigenvalue weighted by Gasteiger charge is -2.12. The zero-order valence-corrected chi connectivity index (χ0v) is 12.7. The number of alkyl halides is 3. The summed E-state index contributed by atoms with van der Waals surface area (Å²) in [5.41, 5.74) is -4.14. The van der Waals surface area contributed by atoms with Crippen LogP contribution in [-0.4, -0.2) is 13.9 Å². The smallest absolute Gasteiger partial charge is 0.376 e. The second-order valence-corrected chi connectivity index (χ2v) is 5.37. The molecule has 0 N–H and O–H groups in total. The van der Waals surface area contributed by atoms with E-state index >= 15 is 0 Å². The van der Waals surface area contributed by atoms with Gasteiger partial charge in [0.15, 0.2) is 0 Å². The summed E-state index contributed by atoms with van der Waals surface area (Å²) in [6.45, 7) is 7.47. The van der Waals surface area contributed by atoms with Gasteiger partial charge in [-0.3, -0.25) is 0 Å². The molecule has 0 aliphatic rings. The van der Waals surface area contributed by atoms with E-state index in [1.54, 1.807) is 12.1 Å². The van der Waals surface area contributed by atoms with Gasteiger partial charge in [0, 0.05) is 0 Å². The van der Waals surface area contributed by atoms with Gasteiger partial charge >= 0.3 is 15.6 Å². The molecule has 0 aliphatic carbocycles. The third kappa shape index (κ3) is 5.03. The Labute approximate surface area is 117 Å². The van der Waals surface area contributed by atoms with Gasteiger partial charge in [-0.2, -0.15) is 21.6 Å². The normalized spacial score (nSPS) is 11.6. The number of halogens is 3. The van der Waals surface area contributed by atoms with E-state index in [9.17, 15) is 21.6 Å². The number of rotatable bonds is 4. The van der Waals surface area contributed by atoms with Crippen molar-refractivity contribution in [2.45, 2.75) is 46.0 Å². The first-order valence-corrected chi connectivity index (χ1v) is 7.68. The molecular formula is C13H19F3O3S. The Hall–Kier alpha value is -1.24. The molecule has 7 heteroatoms. The third-order valence-electron chi connectivity index (χ3n) is 2.26. The van der Waals surface area contributed by atoms with Crippen LogP contribution in [0.3, 0.4) is 0 Å². The molecule has 20 heavy (non-hydrogen) atoms. The summed E-state index contributed by atoms with van der Waals surface area (Å²) in [6.07, 6.45) is 1.66. The maximum Gasteiger partial charge on any atom is 0.534 e. The van der Waals surface area contributed by atoms with Crippen molar-refractivity contribution in [3.05, 3.63) is 29.3 Å². The summed E-state index contributed by atoms with van der Waals surface area (Å²) in [5, 5.41) is 0. The minimum Gasteiger partial charge on any atom is -0.376 e. The molecule has 0 aromatic heterocycles. The van der Waals surface area contributed by atoms with Gasteiger partial charge in [0.2, 0.25) is 0 Å². The molecule has 1 aromatic rings. The molecule has 0 radical (unpaired) electrons. The van der Waals surface area contributed by atoms with Gasteiger partial charge < -0.3 is 4.18 Å². The molecule has 0 aliphatic heterocycles. The molecule has 0 bridgehead atoms. The second kappa shape index (κ2) is 7.52. The fourth-order valence-electron chi connectivity index (χ4n) is 1.41. The van der Waals surface area contributed by atoms with Crippen LogP contribution in [0.4, 0.5) is 13.2 Å². The van der Waals surface area contributed by atoms with Gasteiger partial charge in [0.25, 0.3) is 0 Å². The summed E-state index contributed by atoms with van der Waals surface area (Å²) in [7, 11) is -5.60. The van der Waals surface area contributed by atoms with E-state index < -0.39 is 15.6 Å². The van der Waals surface area contributed by atoms with Crippen molar-refractivity contribution in [3.63, 3.8) is 0 Å².